The number of hydrogen-bond acceptors (Lipinski definition) is 3. The Morgan fingerprint density at radius 2 is 1.43 bits per heavy atom. The minimum Gasteiger partial charge on any atom is -0.375 e. The highest BCUT2D eigenvalue weighted by atomic mass is 19.1. The number of carbonyl (C=O) groups is 1. The lowest BCUT2D eigenvalue weighted by atomic mass is 9.87. The smallest absolute Gasteiger partial charge is 0.139 e. The number of ether oxygens (including phenoxy) is 1. The largest absolute Gasteiger partial charge is 0.375 e. The van der Waals surface area contributed by atoms with Crippen LogP contribution in [0.15, 0.2) is 48.5 Å². The van der Waals surface area contributed by atoms with Gasteiger partial charge in [-0.05, 0) is 42.3 Å². The van der Waals surface area contributed by atoms with Gasteiger partial charge in [0.1, 0.15) is 17.9 Å². The van der Waals surface area contributed by atoms with E-state index in [1.54, 1.807) is 24.3 Å². The second kappa shape index (κ2) is 7.94. The van der Waals surface area contributed by atoms with Gasteiger partial charge >= 0.3 is 0 Å². The fraction of sp³-hybridized carbons (Fsp3) is 0.278. The van der Waals surface area contributed by atoms with Gasteiger partial charge in [0.25, 0.3) is 0 Å². The van der Waals surface area contributed by atoms with Crippen molar-refractivity contribution in [2.45, 2.75) is 25.0 Å². The zero-order valence-electron chi connectivity index (χ0n) is 12.8. The van der Waals surface area contributed by atoms with Crippen LogP contribution in [0.5, 0.6) is 0 Å². The van der Waals surface area contributed by atoms with Crippen LogP contribution in [0, 0.1) is 11.6 Å². The maximum Gasteiger partial charge on any atom is 0.139 e. The second-order valence-corrected chi connectivity index (χ2v) is 5.42. The summed E-state index contributed by atoms with van der Waals surface area (Å²) >= 11 is 0. The van der Waals surface area contributed by atoms with Crippen molar-refractivity contribution in [1.82, 2.24) is 0 Å². The Kier molecular flexibility index (Phi) is 5.96. The Morgan fingerprint density at radius 3 is 1.83 bits per heavy atom. The monoisotopic (exact) mass is 319 g/mol. The van der Waals surface area contributed by atoms with Crippen LogP contribution in [-0.2, 0) is 9.53 Å². The number of aldehydes is 1. The molecule has 0 spiro atoms. The quantitative estimate of drug-likeness (QED) is 0.798. The molecule has 122 valence electrons. The number of carbonyl (C=O) groups excluding carboxylic acids is 1. The van der Waals surface area contributed by atoms with Crippen molar-refractivity contribution in [3.8, 4) is 0 Å². The Hall–Kier alpha value is -2.11. The predicted octanol–water partition coefficient (Wildman–Crippen LogP) is 3.03. The van der Waals surface area contributed by atoms with E-state index in [2.05, 4.69) is 0 Å². The van der Waals surface area contributed by atoms with Crippen molar-refractivity contribution in [2.24, 2.45) is 5.73 Å². The standard InChI is InChI=1S/C18H19F2NO2/c1-12(23-11-17(21)10-22)18(13-2-6-15(19)7-3-13)14-4-8-16(20)9-5-14/h2-10,12,17-18H,11,21H2,1H3/t12-,17?/m0/s1. The first-order valence-corrected chi connectivity index (χ1v) is 7.34. The number of rotatable bonds is 7. The summed E-state index contributed by atoms with van der Waals surface area (Å²) in [5.41, 5.74) is 7.22. The predicted molar refractivity (Wildman–Crippen MR) is 84.1 cm³/mol. The summed E-state index contributed by atoms with van der Waals surface area (Å²) in [5.74, 6) is -0.888. The van der Waals surface area contributed by atoms with Crippen molar-refractivity contribution in [1.29, 1.82) is 0 Å². The molecule has 0 aliphatic rings. The molecule has 2 atom stereocenters. The highest BCUT2D eigenvalue weighted by molar-refractivity contribution is 5.57. The zero-order valence-corrected chi connectivity index (χ0v) is 12.8. The molecule has 2 aromatic carbocycles. The molecule has 0 radical (unpaired) electrons. The second-order valence-electron chi connectivity index (χ2n) is 5.42. The fourth-order valence-electron chi connectivity index (χ4n) is 2.47. The van der Waals surface area contributed by atoms with Crippen LogP contribution in [0.1, 0.15) is 24.0 Å². The van der Waals surface area contributed by atoms with Crippen LogP contribution in [0.3, 0.4) is 0 Å². The average molecular weight is 319 g/mol. The summed E-state index contributed by atoms with van der Waals surface area (Å²) in [4.78, 5) is 10.6. The first-order chi connectivity index (χ1) is 11.0. The SMILES string of the molecule is C[C@H](OCC(N)C=O)C(c1ccc(F)cc1)c1ccc(F)cc1. The van der Waals surface area contributed by atoms with Gasteiger partial charge in [0.2, 0.25) is 0 Å². The van der Waals surface area contributed by atoms with E-state index in [-0.39, 0.29) is 30.3 Å². The van der Waals surface area contributed by atoms with Crippen molar-refractivity contribution in [3.63, 3.8) is 0 Å². The van der Waals surface area contributed by atoms with Crippen LogP contribution in [0.2, 0.25) is 0 Å². The number of benzene rings is 2. The van der Waals surface area contributed by atoms with Crippen molar-refractivity contribution >= 4 is 6.29 Å². The Bertz CT molecular complexity index is 583. The van der Waals surface area contributed by atoms with Crippen LogP contribution >= 0.6 is 0 Å². The molecule has 23 heavy (non-hydrogen) atoms. The van der Waals surface area contributed by atoms with Crippen LogP contribution in [-0.4, -0.2) is 25.0 Å². The molecule has 3 nitrogen and oxygen atoms in total. The molecule has 0 bridgehead atoms. The van der Waals surface area contributed by atoms with E-state index < -0.39 is 6.04 Å². The van der Waals surface area contributed by atoms with E-state index in [4.69, 9.17) is 10.5 Å². The normalized spacial score (nSPS) is 13.8. The van der Waals surface area contributed by atoms with Gasteiger partial charge in [-0.15, -0.1) is 0 Å². The maximum absolute atomic E-state index is 13.2. The first-order valence-electron chi connectivity index (χ1n) is 7.34. The molecule has 5 heteroatoms. The molecular formula is C18H19F2NO2. The minimum atomic E-state index is -0.695. The van der Waals surface area contributed by atoms with Gasteiger partial charge < -0.3 is 15.3 Å². The molecule has 0 saturated carbocycles. The molecule has 0 fully saturated rings. The molecule has 0 heterocycles. The Morgan fingerprint density at radius 1 is 1.00 bits per heavy atom. The third kappa shape index (κ3) is 4.68. The van der Waals surface area contributed by atoms with Crippen molar-refractivity contribution in [2.75, 3.05) is 6.61 Å². The first kappa shape index (κ1) is 17.2. The van der Waals surface area contributed by atoms with Gasteiger partial charge in [-0.25, -0.2) is 8.78 Å². The lowest BCUT2D eigenvalue weighted by Gasteiger charge is -2.26. The van der Waals surface area contributed by atoms with Gasteiger partial charge in [0.05, 0.1) is 18.8 Å². The van der Waals surface area contributed by atoms with Crippen LogP contribution in [0.25, 0.3) is 0 Å². The molecular weight excluding hydrogens is 300 g/mol. The Balaban J connectivity index is 2.28. The number of halogens is 2. The summed E-state index contributed by atoms with van der Waals surface area (Å²) in [6, 6.07) is 11.5. The molecule has 2 N–H and O–H groups in total. The van der Waals surface area contributed by atoms with E-state index in [0.29, 0.717) is 6.29 Å². The highest BCUT2D eigenvalue weighted by Crippen LogP contribution is 2.30. The third-order valence-corrected chi connectivity index (χ3v) is 3.65. The summed E-state index contributed by atoms with van der Waals surface area (Å²) in [6.45, 7) is 1.93. The minimum absolute atomic E-state index is 0.0869. The molecule has 0 aromatic heterocycles. The molecule has 1 unspecified atom stereocenters. The lowest BCUT2D eigenvalue weighted by molar-refractivity contribution is -0.110. The maximum atomic E-state index is 13.2. The highest BCUT2D eigenvalue weighted by Gasteiger charge is 2.23. The van der Waals surface area contributed by atoms with Gasteiger partial charge in [-0.3, -0.25) is 0 Å². The van der Waals surface area contributed by atoms with Crippen molar-refractivity contribution in [3.05, 3.63) is 71.3 Å². The van der Waals surface area contributed by atoms with E-state index in [1.165, 1.54) is 24.3 Å². The third-order valence-electron chi connectivity index (χ3n) is 3.65. The van der Waals surface area contributed by atoms with Gasteiger partial charge in [-0.1, -0.05) is 24.3 Å². The topological polar surface area (TPSA) is 52.3 Å². The summed E-state index contributed by atoms with van der Waals surface area (Å²) in [6.07, 6.45) is 0.300. The molecule has 2 rings (SSSR count). The summed E-state index contributed by atoms with van der Waals surface area (Å²) in [5, 5.41) is 0. The molecule has 0 saturated heterocycles. The summed E-state index contributed by atoms with van der Waals surface area (Å²) < 4.78 is 32.0. The van der Waals surface area contributed by atoms with Gasteiger partial charge in [0, 0.05) is 5.92 Å². The number of hydrogen-bond donors (Lipinski definition) is 1. The van der Waals surface area contributed by atoms with E-state index in [1.807, 2.05) is 6.92 Å². The van der Waals surface area contributed by atoms with E-state index in [0.717, 1.165) is 11.1 Å². The lowest BCUT2D eigenvalue weighted by Crippen LogP contribution is -2.31. The molecule has 2 aromatic rings. The molecule has 0 amide bonds. The fourth-order valence-corrected chi connectivity index (χ4v) is 2.47. The Labute approximate surface area is 134 Å². The molecule has 0 aliphatic heterocycles. The van der Waals surface area contributed by atoms with Gasteiger partial charge in [-0.2, -0.15) is 0 Å². The van der Waals surface area contributed by atoms with Crippen LogP contribution < -0.4 is 5.73 Å². The number of nitrogens with two attached hydrogens (primary N) is 1. The van der Waals surface area contributed by atoms with Crippen LogP contribution in [0.4, 0.5) is 8.78 Å². The summed E-state index contributed by atoms with van der Waals surface area (Å²) in [7, 11) is 0. The molecule has 0 aliphatic carbocycles. The van der Waals surface area contributed by atoms with Crippen molar-refractivity contribution < 1.29 is 18.3 Å². The van der Waals surface area contributed by atoms with Gasteiger partial charge in [0.15, 0.2) is 0 Å². The van der Waals surface area contributed by atoms with E-state index in [9.17, 15) is 13.6 Å². The zero-order chi connectivity index (χ0) is 16.8. The average Bonchev–Trinajstić information content (AvgIpc) is 2.56. The van der Waals surface area contributed by atoms with E-state index >= 15 is 0 Å².